The molecule has 0 spiro atoms. The van der Waals surface area contributed by atoms with Gasteiger partial charge in [-0.3, -0.25) is 9.88 Å². The maximum absolute atomic E-state index is 6.03. The molecule has 0 saturated carbocycles. The first-order valence-electron chi connectivity index (χ1n) is 7.08. The summed E-state index contributed by atoms with van der Waals surface area (Å²) in [4.78, 5) is 6.51. The minimum Gasteiger partial charge on any atom is -0.489 e. The lowest BCUT2D eigenvalue weighted by Gasteiger charge is -2.21. The Morgan fingerprint density at radius 3 is 2.85 bits per heavy atom. The number of fused-ring (bicyclic) bond motifs is 1. The largest absolute Gasteiger partial charge is 0.489 e. The van der Waals surface area contributed by atoms with Gasteiger partial charge in [0.1, 0.15) is 11.9 Å². The van der Waals surface area contributed by atoms with E-state index in [2.05, 4.69) is 54.1 Å². The van der Waals surface area contributed by atoms with Crippen LogP contribution in [0, 0.1) is 6.92 Å². The second-order valence-electron chi connectivity index (χ2n) is 5.56. The van der Waals surface area contributed by atoms with Crippen molar-refractivity contribution in [1.82, 2.24) is 9.88 Å². The molecule has 3 heteroatoms. The van der Waals surface area contributed by atoms with Gasteiger partial charge >= 0.3 is 0 Å². The van der Waals surface area contributed by atoms with E-state index in [1.807, 2.05) is 12.4 Å². The highest BCUT2D eigenvalue weighted by molar-refractivity contribution is 5.37. The van der Waals surface area contributed by atoms with Crippen molar-refractivity contribution in [3.05, 3.63) is 59.4 Å². The number of aromatic nitrogens is 1. The first kappa shape index (κ1) is 13.1. The molecule has 2 heterocycles. The lowest BCUT2D eigenvalue weighted by Crippen LogP contribution is -2.30. The second kappa shape index (κ2) is 5.63. The second-order valence-corrected chi connectivity index (χ2v) is 5.56. The lowest BCUT2D eigenvalue weighted by atomic mass is 10.1. The van der Waals surface area contributed by atoms with Gasteiger partial charge in [0, 0.05) is 37.6 Å². The summed E-state index contributed by atoms with van der Waals surface area (Å²) >= 11 is 0. The molecule has 0 saturated heterocycles. The van der Waals surface area contributed by atoms with Crippen LogP contribution in [0.4, 0.5) is 0 Å². The summed E-state index contributed by atoms with van der Waals surface area (Å²) in [6, 6.07) is 10.6. The fraction of sp³-hybridized carbons (Fsp3) is 0.353. The predicted octanol–water partition coefficient (Wildman–Crippen LogP) is 3.17. The first-order valence-corrected chi connectivity index (χ1v) is 7.08. The molecular weight excluding hydrogens is 248 g/mol. The zero-order valence-electron chi connectivity index (χ0n) is 12.0. The highest BCUT2D eigenvalue weighted by atomic mass is 16.5. The number of hydrogen-bond donors (Lipinski definition) is 0. The Balaban J connectivity index is 1.83. The van der Waals surface area contributed by atoms with Crippen LogP contribution in [0.15, 0.2) is 42.7 Å². The van der Waals surface area contributed by atoms with Crippen molar-refractivity contribution in [1.29, 1.82) is 0 Å². The van der Waals surface area contributed by atoms with E-state index in [1.54, 1.807) is 0 Å². The van der Waals surface area contributed by atoms with Gasteiger partial charge in [-0.25, -0.2) is 0 Å². The molecule has 1 aromatic heterocycles. The van der Waals surface area contributed by atoms with Crippen molar-refractivity contribution in [2.45, 2.75) is 33.0 Å². The normalized spacial score (nSPS) is 19.0. The van der Waals surface area contributed by atoms with Crippen LogP contribution in [0.5, 0.6) is 5.75 Å². The molecule has 0 radical (unpaired) electrons. The van der Waals surface area contributed by atoms with Crippen molar-refractivity contribution in [3.63, 3.8) is 0 Å². The molecule has 1 aliphatic heterocycles. The van der Waals surface area contributed by atoms with Gasteiger partial charge in [0.2, 0.25) is 0 Å². The van der Waals surface area contributed by atoms with Crippen molar-refractivity contribution in [2.24, 2.45) is 0 Å². The van der Waals surface area contributed by atoms with Crippen molar-refractivity contribution in [2.75, 3.05) is 6.54 Å². The Kier molecular flexibility index (Phi) is 3.70. The van der Waals surface area contributed by atoms with E-state index in [0.717, 1.165) is 25.4 Å². The maximum atomic E-state index is 6.03. The van der Waals surface area contributed by atoms with Crippen molar-refractivity contribution in [3.8, 4) is 5.75 Å². The molecule has 3 rings (SSSR count). The average Bonchev–Trinajstić information content (AvgIpc) is 2.57. The van der Waals surface area contributed by atoms with Gasteiger partial charge in [-0.15, -0.1) is 0 Å². The molecule has 0 N–H and O–H groups in total. The minimum absolute atomic E-state index is 0.209. The highest BCUT2D eigenvalue weighted by Crippen LogP contribution is 2.26. The van der Waals surface area contributed by atoms with E-state index < -0.39 is 0 Å². The first-order chi connectivity index (χ1) is 9.70. The van der Waals surface area contributed by atoms with Crippen molar-refractivity contribution >= 4 is 0 Å². The molecule has 2 aromatic rings. The Morgan fingerprint density at radius 1 is 1.25 bits per heavy atom. The molecular formula is C17H20N2O. The fourth-order valence-corrected chi connectivity index (χ4v) is 2.74. The van der Waals surface area contributed by atoms with E-state index in [-0.39, 0.29) is 6.10 Å². The molecule has 3 nitrogen and oxygen atoms in total. The van der Waals surface area contributed by atoms with E-state index in [1.165, 1.54) is 16.7 Å². The number of hydrogen-bond acceptors (Lipinski definition) is 3. The van der Waals surface area contributed by atoms with Gasteiger partial charge in [-0.05, 0) is 37.6 Å². The Hall–Kier alpha value is -1.87. The molecule has 104 valence electrons. The molecule has 1 aromatic carbocycles. The van der Waals surface area contributed by atoms with Crippen LogP contribution in [0.25, 0.3) is 0 Å². The van der Waals surface area contributed by atoms with Gasteiger partial charge in [-0.1, -0.05) is 17.7 Å². The van der Waals surface area contributed by atoms with Gasteiger partial charge < -0.3 is 4.74 Å². The van der Waals surface area contributed by atoms with Crippen LogP contribution in [0.1, 0.15) is 23.6 Å². The summed E-state index contributed by atoms with van der Waals surface area (Å²) in [6.07, 6.45) is 3.91. The summed E-state index contributed by atoms with van der Waals surface area (Å²) in [5.74, 6) is 1.03. The zero-order valence-corrected chi connectivity index (χ0v) is 12.0. The summed E-state index contributed by atoms with van der Waals surface area (Å²) in [5.41, 5.74) is 3.86. The van der Waals surface area contributed by atoms with Crippen molar-refractivity contribution < 1.29 is 4.74 Å². The van der Waals surface area contributed by atoms with Crippen LogP contribution < -0.4 is 4.74 Å². The molecule has 0 aliphatic carbocycles. The molecule has 1 atom stereocenters. The van der Waals surface area contributed by atoms with Crippen LogP contribution >= 0.6 is 0 Å². The maximum Gasteiger partial charge on any atom is 0.124 e. The van der Waals surface area contributed by atoms with E-state index in [9.17, 15) is 0 Å². The number of aryl methyl sites for hydroxylation is 1. The summed E-state index contributed by atoms with van der Waals surface area (Å²) in [5, 5.41) is 0. The number of ether oxygens (including phenoxy) is 1. The molecule has 0 bridgehead atoms. The molecule has 0 unspecified atom stereocenters. The topological polar surface area (TPSA) is 25.4 Å². The number of rotatable bonds is 2. The number of benzene rings is 1. The SMILES string of the molecule is Cc1ccc2c(c1)CN(Cc1ccncc1)C[C@@H](C)O2. The van der Waals surface area contributed by atoms with E-state index >= 15 is 0 Å². The van der Waals surface area contributed by atoms with E-state index in [0.29, 0.717) is 0 Å². The minimum atomic E-state index is 0.209. The van der Waals surface area contributed by atoms with Crippen LogP contribution in [-0.2, 0) is 13.1 Å². The average molecular weight is 268 g/mol. The summed E-state index contributed by atoms with van der Waals surface area (Å²) < 4.78 is 6.03. The smallest absolute Gasteiger partial charge is 0.124 e. The van der Waals surface area contributed by atoms with Gasteiger partial charge in [0.25, 0.3) is 0 Å². The zero-order chi connectivity index (χ0) is 13.9. The molecule has 20 heavy (non-hydrogen) atoms. The predicted molar refractivity (Wildman–Crippen MR) is 79.6 cm³/mol. The molecule has 0 fully saturated rings. The Bertz CT molecular complexity index is 583. The summed E-state index contributed by atoms with van der Waals surface area (Å²) in [7, 11) is 0. The standard InChI is InChI=1S/C17H20N2O/c1-13-3-4-17-16(9-13)12-19(10-14(2)20-17)11-15-5-7-18-8-6-15/h3-9,14H,10-12H2,1-2H3/t14-/m1/s1. The van der Waals surface area contributed by atoms with E-state index in [4.69, 9.17) is 4.74 Å². The van der Waals surface area contributed by atoms with Crippen LogP contribution in [-0.4, -0.2) is 22.5 Å². The lowest BCUT2D eigenvalue weighted by molar-refractivity contribution is 0.156. The third kappa shape index (κ3) is 2.99. The molecule has 0 amide bonds. The monoisotopic (exact) mass is 268 g/mol. The van der Waals surface area contributed by atoms with Crippen LogP contribution in [0.3, 0.4) is 0 Å². The van der Waals surface area contributed by atoms with Crippen LogP contribution in [0.2, 0.25) is 0 Å². The fourth-order valence-electron chi connectivity index (χ4n) is 2.74. The molecule has 1 aliphatic rings. The Labute approximate surface area is 120 Å². The number of nitrogens with zero attached hydrogens (tertiary/aromatic N) is 2. The summed E-state index contributed by atoms with van der Waals surface area (Å²) in [6.45, 7) is 7.07. The quantitative estimate of drug-likeness (QED) is 0.836. The Morgan fingerprint density at radius 2 is 2.05 bits per heavy atom. The third-order valence-electron chi connectivity index (χ3n) is 3.61. The highest BCUT2D eigenvalue weighted by Gasteiger charge is 2.20. The van der Waals surface area contributed by atoms with Gasteiger partial charge in [0.15, 0.2) is 0 Å². The third-order valence-corrected chi connectivity index (χ3v) is 3.61. The van der Waals surface area contributed by atoms with Gasteiger partial charge in [-0.2, -0.15) is 0 Å². The number of pyridine rings is 1. The van der Waals surface area contributed by atoms with Gasteiger partial charge in [0.05, 0.1) is 0 Å².